The summed E-state index contributed by atoms with van der Waals surface area (Å²) in [5.74, 6) is 0.882. The largest absolute Gasteiger partial charge is 0.334 e. The normalized spacial score (nSPS) is 16.6. The minimum atomic E-state index is -0.00402. The molecule has 1 aliphatic heterocycles. The van der Waals surface area contributed by atoms with Gasteiger partial charge in [0.2, 0.25) is 0 Å². The van der Waals surface area contributed by atoms with Gasteiger partial charge in [0, 0.05) is 5.56 Å². The second-order valence-corrected chi connectivity index (χ2v) is 6.77. The number of hydrogen-bond donors (Lipinski definition) is 1. The van der Waals surface area contributed by atoms with E-state index in [4.69, 9.17) is 4.99 Å². The molecule has 0 spiro atoms. The fourth-order valence-electron chi connectivity index (χ4n) is 2.92. The zero-order valence-electron chi connectivity index (χ0n) is 13.6. The van der Waals surface area contributed by atoms with Crippen LogP contribution >= 0.6 is 15.9 Å². The molecule has 0 aromatic heterocycles. The molecule has 1 atom stereocenters. The molecule has 0 bridgehead atoms. The number of nitrogens with zero attached hydrogens (tertiary/aromatic N) is 1. The summed E-state index contributed by atoms with van der Waals surface area (Å²) in [6.45, 7) is 0. The second kappa shape index (κ2) is 7.08. The van der Waals surface area contributed by atoms with Crippen LogP contribution < -0.4 is 5.32 Å². The Morgan fingerprint density at radius 3 is 1.88 bits per heavy atom. The fraction of sp³-hybridized carbons (Fsp3) is 0.0455. The van der Waals surface area contributed by atoms with E-state index in [2.05, 4.69) is 88.0 Å². The molecule has 1 heterocycles. The van der Waals surface area contributed by atoms with Crippen molar-refractivity contribution in [3.63, 3.8) is 0 Å². The van der Waals surface area contributed by atoms with Crippen LogP contribution in [0.2, 0.25) is 0 Å². The van der Waals surface area contributed by atoms with Gasteiger partial charge in [-0.15, -0.1) is 0 Å². The van der Waals surface area contributed by atoms with E-state index in [0.717, 1.165) is 16.0 Å². The number of rotatable bonds is 3. The lowest BCUT2D eigenvalue weighted by atomic mass is 10.0. The number of aliphatic imine (C=N–C) groups is 1. The van der Waals surface area contributed by atoms with Crippen molar-refractivity contribution in [3.05, 3.63) is 107 Å². The van der Waals surface area contributed by atoms with E-state index in [0.29, 0.717) is 0 Å². The number of nitrogens with one attached hydrogen (secondary N) is 1. The van der Waals surface area contributed by atoms with Gasteiger partial charge in [-0.25, -0.2) is 0 Å². The summed E-state index contributed by atoms with van der Waals surface area (Å²) in [6.07, 6.45) is 2.09. The third-order valence-electron chi connectivity index (χ3n) is 4.22. The van der Waals surface area contributed by atoms with Crippen molar-refractivity contribution in [1.82, 2.24) is 5.32 Å². The van der Waals surface area contributed by atoms with E-state index in [-0.39, 0.29) is 6.04 Å². The van der Waals surface area contributed by atoms with Crippen LogP contribution in [0.25, 0.3) is 11.1 Å². The van der Waals surface area contributed by atoms with Gasteiger partial charge in [-0.2, -0.15) is 0 Å². The lowest BCUT2D eigenvalue weighted by Gasteiger charge is -2.20. The first-order valence-electron chi connectivity index (χ1n) is 8.22. The number of hydrogen-bond acceptors (Lipinski definition) is 2. The van der Waals surface area contributed by atoms with Crippen molar-refractivity contribution < 1.29 is 0 Å². The van der Waals surface area contributed by atoms with Crippen molar-refractivity contribution >= 4 is 21.8 Å². The first kappa shape index (κ1) is 15.9. The average molecular weight is 389 g/mol. The summed E-state index contributed by atoms with van der Waals surface area (Å²) in [4.78, 5) is 4.87. The van der Waals surface area contributed by atoms with Gasteiger partial charge < -0.3 is 5.32 Å². The average Bonchev–Trinajstić information content (AvgIpc) is 2.69. The van der Waals surface area contributed by atoms with E-state index in [9.17, 15) is 0 Å². The first-order valence-corrected chi connectivity index (χ1v) is 9.02. The van der Waals surface area contributed by atoms with Crippen molar-refractivity contribution in [2.45, 2.75) is 6.04 Å². The van der Waals surface area contributed by atoms with Gasteiger partial charge in [-0.05, 0) is 38.7 Å². The Bertz CT molecular complexity index is 913. The second-order valence-electron chi connectivity index (χ2n) is 5.92. The zero-order valence-corrected chi connectivity index (χ0v) is 15.1. The zero-order chi connectivity index (χ0) is 17.1. The summed E-state index contributed by atoms with van der Waals surface area (Å²) in [6, 6.07) is 29.2. The third kappa shape index (κ3) is 3.57. The van der Waals surface area contributed by atoms with Gasteiger partial charge in [-0.1, -0.05) is 84.9 Å². The summed E-state index contributed by atoms with van der Waals surface area (Å²) in [7, 11) is 0. The molecule has 0 amide bonds. The Balaban J connectivity index is 1.64. The molecule has 3 heteroatoms. The van der Waals surface area contributed by atoms with E-state index in [1.165, 1.54) is 16.7 Å². The Morgan fingerprint density at radius 2 is 1.24 bits per heavy atom. The summed E-state index contributed by atoms with van der Waals surface area (Å²) in [5.41, 5.74) is 4.70. The van der Waals surface area contributed by atoms with Crippen LogP contribution in [0.5, 0.6) is 0 Å². The molecule has 3 aromatic carbocycles. The minimum Gasteiger partial charge on any atom is -0.334 e. The SMILES string of the molecule is BrC1=CC(c2ccc(-c3ccccc3)cc2)N=C(c2ccccc2)N1. The van der Waals surface area contributed by atoms with E-state index < -0.39 is 0 Å². The molecule has 0 radical (unpaired) electrons. The highest BCUT2D eigenvalue weighted by Crippen LogP contribution is 2.28. The predicted molar refractivity (Wildman–Crippen MR) is 108 cm³/mol. The standard InChI is InChI=1S/C22H17BrN2/c23-21-15-20(24-22(25-21)19-9-5-2-6-10-19)18-13-11-17(12-14-18)16-7-3-1-4-8-16/h1-15,20H,(H,24,25). The highest BCUT2D eigenvalue weighted by molar-refractivity contribution is 9.11. The molecule has 0 saturated heterocycles. The number of amidine groups is 1. The van der Waals surface area contributed by atoms with Crippen LogP contribution in [-0.2, 0) is 0 Å². The number of halogens is 1. The maximum atomic E-state index is 4.87. The van der Waals surface area contributed by atoms with Crippen LogP contribution in [0.3, 0.4) is 0 Å². The predicted octanol–water partition coefficient (Wildman–Crippen LogP) is 5.68. The summed E-state index contributed by atoms with van der Waals surface area (Å²) < 4.78 is 0.943. The molecule has 3 aromatic rings. The van der Waals surface area contributed by atoms with E-state index >= 15 is 0 Å². The fourth-order valence-corrected chi connectivity index (χ4v) is 3.36. The maximum Gasteiger partial charge on any atom is 0.134 e. The lowest BCUT2D eigenvalue weighted by Crippen LogP contribution is -2.26. The maximum absolute atomic E-state index is 4.87. The van der Waals surface area contributed by atoms with E-state index in [1.54, 1.807) is 0 Å². The van der Waals surface area contributed by atoms with E-state index in [1.807, 2.05) is 24.3 Å². The van der Waals surface area contributed by atoms with Crippen LogP contribution in [0, 0.1) is 0 Å². The molecule has 122 valence electrons. The van der Waals surface area contributed by atoms with Crippen LogP contribution in [0.1, 0.15) is 17.2 Å². The van der Waals surface area contributed by atoms with Crippen LogP contribution in [-0.4, -0.2) is 5.84 Å². The highest BCUT2D eigenvalue weighted by atomic mass is 79.9. The summed E-state index contributed by atoms with van der Waals surface area (Å²) in [5, 5.41) is 3.30. The Kier molecular flexibility index (Phi) is 4.49. The third-order valence-corrected chi connectivity index (χ3v) is 4.68. The van der Waals surface area contributed by atoms with Gasteiger partial charge in [0.15, 0.2) is 0 Å². The van der Waals surface area contributed by atoms with Crippen LogP contribution in [0.4, 0.5) is 0 Å². The van der Waals surface area contributed by atoms with Gasteiger partial charge >= 0.3 is 0 Å². The van der Waals surface area contributed by atoms with Gasteiger partial charge in [0.05, 0.1) is 10.6 Å². The minimum absolute atomic E-state index is 0.00402. The van der Waals surface area contributed by atoms with Gasteiger partial charge in [0.1, 0.15) is 5.84 Å². The Morgan fingerprint density at radius 1 is 0.680 bits per heavy atom. The highest BCUT2D eigenvalue weighted by Gasteiger charge is 2.16. The van der Waals surface area contributed by atoms with Crippen LogP contribution in [0.15, 0.2) is 101 Å². The smallest absolute Gasteiger partial charge is 0.134 e. The van der Waals surface area contributed by atoms with Gasteiger partial charge in [-0.3, -0.25) is 4.99 Å². The van der Waals surface area contributed by atoms with Crippen molar-refractivity contribution in [3.8, 4) is 11.1 Å². The molecule has 0 aliphatic carbocycles. The summed E-state index contributed by atoms with van der Waals surface area (Å²) >= 11 is 3.58. The molecule has 0 fully saturated rings. The molecule has 1 unspecified atom stereocenters. The Hall–Kier alpha value is -2.65. The molecule has 1 aliphatic rings. The first-order chi connectivity index (χ1) is 12.3. The topological polar surface area (TPSA) is 24.4 Å². The molecule has 2 nitrogen and oxygen atoms in total. The molecular formula is C22H17BrN2. The molecular weight excluding hydrogens is 372 g/mol. The van der Waals surface area contributed by atoms with Crippen molar-refractivity contribution in [2.75, 3.05) is 0 Å². The lowest BCUT2D eigenvalue weighted by molar-refractivity contribution is 0.868. The van der Waals surface area contributed by atoms with Crippen molar-refractivity contribution in [1.29, 1.82) is 0 Å². The quantitative estimate of drug-likeness (QED) is 0.573. The van der Waals surface area contributed by atoms with Crippen molar-refractivity contribution in [2.24, 2.45) is 4.99 Å². The number of benzene rings is 3. The molecule has 25 heavy (non-hydrogen) atoms. The monoisotopic (exact) mass is 388 g/mol. The molecule has 4 rings (SSSR count). The Labute approximate surface area is 156 Å². The molecule has 1 N–H and O–H groups in total. The van der Waals surface area contributed by atoms with Gasteiger partial charge in [0.25, 0.3) is 0 Å². The molecule has 0 saturated carbocycles.